The number of carboxylic acid groups (broad SMARTS) is 1. The number of carbonyl (C=O) groups is 2. The average Bonchev–Trinajstić information content (AvgIpc) is 2.49. The number of methoxy groups -OCH3 is 1. The summed E-state index contributed by atoms with van der Waals surface area (Å²) in [6.07, 6.45) is 0.233. The Morgan fingerprint density at radius 1 is 1.38 bits per heavy atom. The molecule has 2 N–H and O–H groups in total. The van der Waals surface area contributed by atoms with Crippen LogP contribution in [0.3, 0.4) is 0 Å². The van der Waals surface area contributed by atoms with E-state index in [0.29, 0.717) is 0 Å². The first-order valence-electron chi connectivity index (χ1n) is 7.24. The molecule has 0 saturated heterocycles. The highest BCUT2D eigenvalue weighted by Gasteiger charge is 2.24. The van der Waals surface area contributed by atoms with Crippen LogP contribution in [0.1, 0.15) is 38.3 Å². The summed E-state index contributed by atoms with van der Waals surface area (Å²) in [5.41, 5.74) is 0.0650. The van der Waals surface area contributed by atoms with Crippen molar-refractivity contribution in [1.29, 1.82) is 0 Å². The van der Waals surface area contributed by atoms with Gasteiger partial charge in [0.1, 0.15) is 0 Å². The normalized spacial score (nSPS) is 11.5. The van der Waals surface area contributed by atoms with Crippen molar-refractivity contribution in [3.8, 4) is 11.5 Å². The summed E-state index contributed by atoms with van der Waals surface area (Å²) >= 11 is 0. The molecule has 1 unspecified atom stereocenters. The van der Waals surface area contributed by atoms with Crippen LogP contribution < -0.4 is 14.8 Å². The highest BCUT2D eigenvalue weighted by Crippen LogP contribution is 2.37. The van der Waals surface area contributed by atoms with Gasteiger partial charge in [-0.25, -0.2) is 0 Å². The van der Waals surface area contributed by atoms with Crippen LogP contribution in [0.4, 0.5) is 5.69 Å². The standard InChI is InChI=1S/C15H20N2O7/c1-9(16-10(2)18)11-7-14(24-6-4-5-15(19)20)13(23-3)8-12(11)17(21)22/h7-9H,4-6H2,1-3H3,(H,16,18)(H,19,20). The van der Waals surface area contributed by atoms with Gasteiger partial charge in [-0.05, 0) is 19.4 Å². The van der Waals surface area contributed by atoms with E-state index in [1.807, 2.05) is 0 Å². The topological polar surface area (TPSA) is 128 Å². The summed E-state index contributed by atoms with van der Waals surface area (Å²) < 4.78 is 10.6. The molecule has 0 heterocycles. The van der Waals surface area contributed by atoms with E-state index in [2.05, 4.69) is 5.32 Å². The number of amides is 1. The average molecular weight is 340 g/mol. The first kappa shape index (κ1) is 19.2. The van der Waals surface area contributed by atoms with E-state index in [4.69, 9.17) is 14.6 Å². The lowest BCUT2D eigenvalue weighted by molar-refractivity contribution is -0.385. The van der Waals surface area contributed by atoms with E-state index in [1.165, 1.54) is 26.2 Å². The minimum Gasteiger partial charge on any atom is -0.493 e. The monoisotopic (exact) mass is 340 g/mol. The minimum absolute atomic E-state index is 0.0511. The fourth-order valence-corrected chi connectivity index (χ4v) is 2.13. The van der Waals surface area contributed by atoms with Gasteiger partial charge in [0.25, 0.3) is 5.69 Å². The number of nitro benzene ring substituents is 1. The van der Waals surface area contributed by atoms with Crippen LogP contribution in [-0.2, 0) is 9.59 Å². The second kappa shape index (κ2) is 8.70. The van der Waals surface area contributed by atoms with Crippen molar-refractivity contribution in [2.75, 3.05) is 13.7 Å². The third-order valence-corrected chi connectivity index (χ3v) is 3.19. The fraction of sp³-hybridized carbons (Fsp3) is 0.467. The Kier molecular flexibility index (Phi) is 6.97. The van der Waals surface area contributed by atoms with E-state index in [-0.39, 0.29) is 48.1 Å². The fourth-order valence-electron chi connectivity index (χ4n) is 2.13. The molecule has 0 saturated carbocycles. The molecular formula is C15H20N2O7. The molecule has 9 nitrogen and oxygen atoms in total. The van der Waals surface area contributed by atoms with Crippen LogP contribution in [0.25, 0.3) is 0 Å². The number of nitrogens with one attached hydrogen (secondary N) is 1. The number of nitrogens with zero attached hydrogens (tertiary/aromatic N) is 1. The molecule has 24 heavy (non-hydrogen) atoms. The van der Waals surface area contributed by atoms with Crippen LogP contribution in [0.2, 0.25) is 0 Å². The Labute approximate surface area is 138 Å². The molecule has 132 valence electrons. The second-order valence-electron chi connectivity index (χ2n) is 5.09. The van der Waals surface area contributed by atoms with Gasteiger partial charge < -0.3 is 19.9 Å². The molecule has 0 spiro atoms. The summed E-state index contributed by atoms with van der Waals surface area (Å²) in [6.45, 7) is 3.05. The van der Waals surface area contributed by atoms with E-state index in [1.54, 1.807) is 6.92 Å². The Hall–Kier alpha value is -2.84. The molecular weight excluding hydrogens is 320 g/mol. The van der Waals surface area contributed by atoms with Gasteiger partial charge in [0.05, 0.1) is 36.3 Å². The van der Waals surface area contributed by atoms with Gasteiger partial charge in [-0.15, -0.1) is 0 Å². The first-order valence-corrected chi connectivity index (χ1v) is 7.24. The maximum Gasteiger partial charge on any atom is 0.303 e. The Morgan fingerprint density at radius 3 is 2.54 bits per heavy atom. The number of hydrogen-bond acceptors (Lipinski definition) is 6. The predicted octanol–water partition coefficient (Wildman–Crippen LogP) is 2.04. The Bertz CT molecular complexity index is 630. The zero-order valence-corrected chi connectivity index (χ0v) is 13.7. The number of carbonyl (C=O) groups excluding carboxylic acids is 1. The summed E-state index contributed by atoms with van der Waals surface area (Å²) in [7, 11) is 1.35. The maximum atomic E-state index is 11.3. The van der Waals surface area contributed by atoms with Crippen molar-refractivity contribution < 1.29 is 29.1 Å². The zero-order chi connectivity index (χ0) is 18.3. The highest BCUT2D eigenvalue weighted by molar-refractivity contribution is 5.73. The van der Waals surface area contributed by atoms with Gasteiger partial charge in [-0.2, -0.15) is 0 Å². The number of ether oxygens (including phenoxy) is 2. The number of aliphatic carboxylic acids is 1. The molecule has 1 aromatic rings. The third-order valence-electron chi connectivity index (χ3n) is 3.19. The van der Waals surface area contributed by atoms with Gasteiger partial charge >= 0.3 is 5.97 Å². The lowest BCUT2D eigenvalue weighted by atomic mass is 10.0. The summed E-state index contributed by atoms with van der Waals surface area (Å²) in [4.78, 5) is 32.4. The molecule has 0 aliphatic rings. The summed E-state index contributed by atoms with van der Waals surface area (Å²) in [6, 6.07) is 2.05. The van der Waals surface area contributed by atoms with Crippen LogP contribution in [0.5, 0.6) is 11.5 Å². The summed E-state index contributed by atoms with van der Waals surface area (Å²) in [5, 5.41) is 22.5. The smallest absolute Gasteiger partial charge is 0.303 e. The van der Waals surface area contributed by atoms with Gasteiger partial charge in [0, 0.05) is 13.3 Å². The van der Waals surface area contributed by atoms with Gasteiger partial charge in [-0.3, -0.25) is 19.7 Å². The highest BCUT2D eigenvalue weighted by atomic mass is 16.6. The first-order chi connectivity index (χ1) is 11.3. The molecule has 0 aromatic heterocycles. The number of benzene rings is 1. The second-order valence-corrected chi connectivity index (χ2v) is 5.09. The SMILES string of the molecule is COc1cc([N+](=O)[O-])c(C(C)NC(C)=O)cc1OCCCC(=O)O. The quantitative estimate of drug-likeness (QED) is 0.400. The van der Waals surface area contributed by atoms with Gasteiger partial charge in [0.15, 0.2) is 11.5 Å². The number of rotatable bonds is 9. The zero-order valence-electron chi connectivity index (χ0n) is 13.7. The van der Waals surface area contributed by atoms with Gasteiger partial charge in [-0.1, -0.05) is 0 Å². The Balaban J connectivity index is 3.11. The lowest BCUT2D eigenvalue weighted by Gasteiger charge is -2.17. The van der Waals surface area contributed by atoms with Crippen LogP contribution in [0.15, 0.2) is 12.1 Å². The van der Waals surface area contributed by atoms with Crippen LogP contribution in [0, 0.1) is 10.1 Å². The number of hydrogen-bond donors (Lipinski definition) is 2. The van der Waals surface area contributed by atoms with Crippen molar-refractivity contribution in [3.05, 3.63) is 27.8 Å². The van der Waals surface area contributed by atoms with Crippen LogP contribution >= 0.6 is 0 Å². The van der Waals surface area contributed by atoms with Gasteiger partial charge in [0.2, 0.25) is 5.91 Å². The molecule has 1 aromatic carbocycles. The number of carboxylic acids is 1. The van der Waals surface area contributed by atoms with Crippen molar-refractivity contribution in [2.24, 2.45) is 0 Å². The minimum atomic E-state index is -0.936. The van der Waals surface area contributed by atoms with E-state index < -0.39 is 16.9 Å². The van der Waals surface area contributed by atoms with Crippen molar-refractivity contribution >= 4 is 17.6 Å². The molecule has 0 aliphatic heterocycles. The largest absolute Gasteiger partial charge is 0.493 e. The summed E-state index contributed by atoms with van der Waals surface area (Å²) in [5.74, 6) is -0.845. The van der Waals surface area contributed by atoms with Crippen molar-refractivity contribution in [2.45, 2.75) is 32.7 Å². The maximum absolute atomic E-state index is 11.3. The molecule has 0 aliphatic carbocycles. The molecule has 0 bridgehead atoms. The number of nitro groups is 1. The van der Waals surface area contributed by atoms with Crippen molar-refractivity contribution in [3.63, 3.8) is 0 Å². The molecule has 1 amide bonds. The molecule has 1 rings (SSSR count). The van der Waals surface area contributed by atoms with Crippen molar-refractivity contribution in [1.82, 2.24) is 5.32 Å². The third kappa shape index (κ3) is 5.41. The molecule has 0 radical (unpaired) electrons. The predicted molar refractivity (Wildman–Crippen MR) is 84.2 cm³/mol. The molecule has 0 fully saturated rings. The molecule has 1 atom stereocenters. The van der Waals surface area contributed by atoms with E-state index in [0.717, 1.165) is 0 Å². The van der Waals surface area contributed by atoms with Crippen LogP contribution in [-0.4, -0.2) is 35.6 Å². The van der Waals surface area contributed by atoms with E-state index in [9.17, 15) is 19.7 Å². The lowest BCUT2D eigenvalue weighted by Crippen LogP contribution is -2.24. The molecule has 9 heteroatoms. The van der Waals surface area contributed by atoms with E-state index >= 15 is 0 Å². The Morgan fingerprint density at radius 2 is 2.04 bits per heavy atom.